The van der Waals surface area contributed by atoms with E-state index in [4.69, 9.17) is 11.6 Å². The number of halogens is 1. The Labute approximate surface area is 111 Å². The third-order valence-corrected chi connectivity index (χ3v) is 4.21. The van der Waals surface area contributed by atoms with Crippen LogP contribution in [0.2, 0.25) is 0 Å². The van der Waals surface area contributed by atoms with Crippen LogP contribution in [0.4, 0.5) is 0 Å². The number of unbranched alkanes of at least 4 members (excludes halogenated alkanes) is 5. The molecule has 0 heterocycles. The van der Waals surface area contributed by atoms with Gasteiger partial charge in [0.1, 0.15) is 0 Å². The summed E-state index contributed by atoms with van der Waals surface area (Å²) < 4.78 is 0. The van der Waals surface area contributed by atoms with E-state index < -0.39 is 0 Å². The van der Waals surface area contributed by atoms with Crippen LogP contribution in [-0.4, -0.2) is 5.24 Å². The molecule has 1 aliphatic carbocycles. The summed E-state index contributed by atoms with van der Waals surface area (Å²) in [7, 11) is 0. The average Bonchev–Trinajstić information content (AvgIpc) is 2.79. The van der Waals surface area contributed by atoms with Gasteiger partial charge in [0.15, 0.2) is 0 Å². The van der Waals surface area contributed by atoms with E-state index >= 15 is 0 Å². The summed E-state index contributed by atoms with van der Waals surface area (Å²) in [6.45, 7) is 6.47. The molecular weight excluding hydrogens is 232 g/mol. The van der Waals surface area contributed by atoms with Crippen molar-refractivity contribution in [1.29, 1.82) is 0 Å². The molecular formula is C15H25ClO. The van der Waals surface area contributed by atoms with Crippen molar-refractivity contribution in [3.8, 4) is 0 Å². The second kappa shape index (κ2) is 6.58. The zero-order chi connectivity index (χ0) is 12.9. The molecule has 1 aliphatic rings. The van der Waals surface area contributed by atoms with Gasteiger partial charge in [-0.05, 0) is 35.8 Å². The van der Waals surface area contributed by atoms with Gasteiger partial charge in [-0.1, -0.05) is 58.6 Å². The zero-order valence-electron chi connectivity index (χ0n) is 11.3. The van der Waals surface area contributed by atoms with E-state index in [1.807, 2.05) is 0 Å². The zero-order valence-corrected chi connectivity index (χ0v) is 12.1. The molecule has 0 aromatic rings. The predicted molar refractivity (Wildman–Crippen MR) is 74.1 cm³/mol. The molecule has 1 nitrogen and oxygen atoms in total. The Morgan fingerprint density at radius 1 is 1.24 bits per heavy atom. The number of rotatable bonds is 8. The smallest absolute Gasteiger partial charge is 0.225 e. The summed E-state index contributed by atoms with van der Waals surface area (Å²) in [5, 5.41) is -0.174. The molecule has 2 atom stereocenters. The van der Waals surface area contributed by atoms with E-state index in [0.717, 1.165) is 6.42 Å². The Morgan fingerprint density at radius 2 is 1.88 bits per heavy atom. The van der Waals surface area contributed by atoms with Gasteiger partial charge in [-0.2, -0.15) is 0 Å². The molecule has 0 aliphatic heterocycles. The van der Waals surface area contributed by atoms with Gasteiger partial charge in [0.05, 0.1) is 0 Å². The highest BCUT2D eigenvalue weighted by Crippen LogP contribution is 2.59. The predicted octanol–water partition coefficient (Wildman–Crippen LogP) is 4.94. The number of hydrogen-bond donors (Lipinski definition) is 0. The molecule has 1 fully saturated rings. The van der Waals surface area contributed by atoms with Crippen LogP contribution in [0.15, 0.2) is 12.2 Å². The molecule has 0 bridgehead atoms. The van der Waals surface area contributed by atoms with Gasteiger partial charge >= 0.3 is 0 Å². The minimum absolute atomic E-state index is 0.0421. The lowest BCUT2D eigenvalue weighted by Crippen LogP contribution is -1.96. The van der Waals surface area contributed by atoms with Gasteiger partial charge < -0.3 is 0 Å². The lowest BCUT2D eigenvalue weighted by Gasteiger charge is -1.97. The van der Waals surface area contributed by atoms with Crippen LogP contribution in [0.3, 0.4) is 0 Å². The summed E-state index contributed by atoms with van der Waals surface area (Å²) in [6.07, 6.45) is 12.2. The Bertz CT molecular complexity index is 281. The maximum absolute atomic E-state index is 11.2. The van der Waals surface area contributed by atoms with E-state index in [1.54, 1.807) is 0 Å². The first kappa shape index (κ1) is 14.8. The van der Waals surface area contributed by atoms with Crippen LogP contribution >= 0.6 is 11.6 Å². The highest BCUT2D eigenvalue weighted by atomic mass is 35.5. The molecule has 0 saturated heterocycles. The molecule has 2 unspecified atom stereocenters. The van der Waals surface area contributed by atoms with E-state index in [0.29, 0.717) is 5.92 Å². The van der Waals surface area contributed by atoms with E-state index in [2.05, 4.69) is 32.9 Å². The first-order valence-corrected chi connectivity index (χ1v) is 7.25. The number of allylic oxidation sites excluding steroid dienone is 2. The van der Waals surface area contributed by atoms with Crippen molar-refractivity contribution in [3.05, 3.63) is 12.2 Å². The van der Waals surface area contributed by atoms with Crippen molar-refractivity contribution < 1.29 is 4.79 Å². The molecule has 0 spiro atoms. The summed E-state index contributed by atoms with van der Waals surface area (Å²) in [5.41, 5.74) is 0.0809. The minimum atomic E-state index is -0.174. The fourth-order valence-electron chi connectivity index (χ4n) is 2.58. The second-order valence-electron chi connectivity index (χ2n) is 5.76. The maximum Gasteiger partial charge on any atom is 0.225 e. The standard InChI is InChI=1S/C15H25ClO/c1-4-5-6-7-8-9-10-11-12-13(14(16)17)15(12,2)3/h10-13H,4-9H2,1-3H3/b11-10+. The van der Waals surface area contributed by atoms with Crippen LogP contribution in [0.25, 0.3) is 0 Å². The van der Waals surface area contributed by atoms with Crippen LogP contribution in [0.1, 0.15) is 59.3 Å². The average molecular weight is 257 g/mol. The third kappa shape index (κ3) is 4.13. The second-order valence-corrected chi connectivity index (χ2v) is 6.13. The summed E-state index contributed by atoms with van der Waals surface area (Å²) in [5.74, 6) is 0.406. The Balaban J connectivity index is 2.16. The van der Waals surface area contributed by atoms with Gasteiger partial charge in [0.25, 0.3) is 0 Å². The molecule has 0 amide bonds. The molecule has 2 heteroatoms. The van der Waals surface area contributed by atoms with Crippen molar-refractivity contribution >= 4 is 16.8 Å². The van der Waals surface area contributed by atoms with Crippen LogP contribution in [0.5, 0.6) is 0 Å². The maximum atomic E-state index is 11.2. The largest absolute Gasteiger partial charge is 0.281 e. The first-order chi connectivity index (χ1) is 8.01. The van der Waals surface area contributed by atoms with E-state index in [1.165, 1.54) is 32.1 Å². The van der Waals surface area contributed by atoms with Gasteiger partial charge in [0.2, 0.25) is 5.24 Å². The molecule has 98 valence electrons. The molecule has 0 radical (unpaired) electrons. The van der Waals surface area contributed by atoms with Crippen LogP contribution in [0, 0.1) is 17.3 Å². The molecule has 0 aromatic heterocycles. The Morgan fingerprint density at radius 3 is 2.41 bits per heavy atom. The Kier molecular flexibility index (Phi) is 5.72. The molecule has 0 aromatic carbocycles. The van der Waals surface area contributed by atoms with E-state index in [9.17, 15) is 4.79 Å². The van der Waals surface area contributed by atoms with Crippen LogP contribution < -0.4 is 0 Å². The van der Waals surface area contributed by atoms with Crippen LogP contribution in [-0.2, 0) is 4.79 Å². The lowest BCUT2D eigenvalue weighted by atomic mass is 10.1. The SMILES string of the molecule is CCCCCCC/C=C/C1C(C(=O)Cl)C1(C)C. The summed E-state index contributed by atoms with van der Waals surface area (Å²) in [4.78, 5) is 11.2. The molecule has 1 saturated carbocycles. The van der Waals surface area contributed by atoms with E-state index in [-0.39, 0.29) is 16.6 Å². The fraction of sp³-hybridized carbons (Fsp3) is 0.800. The molecule has 17 heavy (non-hydrogen) atoms. The number of carbonyl (C=O) groups excluding carboxylic acids is 1. The summed E-state index contributed by atoms with van der Waals surface area (Å²) in [6, 6.07) is 0. The Hall–Kier alpha value is -0.300. The van der Waals surface area contributed by atoms with Gasteiger partial charge in [-0.15, -0.1) is 0 Å². The monoisotopic (exact) mass is 256 g/mol. The van der Waals surface area contributed by atoms with Crippen molar-refractivity contribution in [2.75, 3.05) is 0 Å². The highest BCUT2D eigenvalue weighted by Gasteiger charge is 2.59. The minimum Gasteiger partial charge on any atom is -0.281 e. The van der Waals surface area contributed by atoms with Crippen molar-refractivity contribution in [1.82, 2.24) is 0 Å². The molecule has 0 N–H and O–H groups in total. The van der Waals surface area contributed by atoms with Gasteiger partial charge in [-0.25, -0.2) is 0 Å². The van der Waals surface area contributed by atoms with Gasteiger partial charge in [-0.3, -0.25) is 4.79 Å². The highest BCUT2D eigenvalue weighted by molar-refractivity contribution is 6.64. The molecule has 1 rings (SSSR count). The normalized spacial score (nSPS) is 26.4. The van der Waals surface area contributed by atoms with Crippen molar-refractivity contribution in [3.63, 3.8) is 0 Å². The lowest BCUT2D eigenvalue weighted by molar-refractivity contribution is -0.113. The van der Waals surface area contributed by atoms with Crippen molar-refractivity contribution in [2.45, 2.75) is 59.3 Å². The van der Waals surface area contributed by atoms with Gasteiger partial charge in [0, 0.05) is 5.92 Å². The van der Waals surface area contributed by atoms with Crippen molar-refractivity contribution in [2.24, 2.45) is 17.3 Å². The summed E-state index contributed by atoms with van der Waals surface area (Å²) >= 11 is 5.58. The number of carbonyl (C=O) groups is 1. The quantitative estimate of drug-likeness (QED) is 0.342. The number of hydrogen-bond acceptors (Lipinski definition) is 1. The third-order valence-electron chi connectivity index (χ3n) is 3.97. The fourth-order valence-corrected chi connectivity index (χ4v) is 3.00. The topological polar surface area (TPSA) is 17.1 Å². The first-order valence-electron chi connectivity index (χ1n) is 6.87.